The van der Waals surface area contributed by atoms with Gasteiger partial charge in [-0.05, 0) is 25.7 Å². The molecule has 5 nitrogen and oxygen atoms in total. The van der Waals surface area contributed by atoms with E-state index in [4.69, 9.17) is 5.11 Å². The van der Waals surface area contributed by atoms with Crippen LogP contribution in [0.25, 0.3) is 0 Å². The molecule has 1 unspecified atom stereocenters. The number of carboxylic acids is 1. The molecule has 1 saturated carbocycles. The summed E-state index contributed by atoms with van der Waals surface area (Å²) >= 11 is 0. The van der Waals surface area contributed by atoms with Crippen LogP contribution in [0.3, 0.4) is 0 Å². The Morgan fingerprint density at radius 2 is 1.82 bits per heavy atom. The van der Waals surface area contributed by atoms with Crippen molar-refractivity contribution in [3.05, 3.63) is 0 Å². The smallest absolute Gasteiger partial charge is 0.320 e. The van der Waals surface area contributed by atoms with Crippen LogP contribution in [0.1, 0.15) is 26.2 Å². The molecule has 0 radical (unpaired) electrons. The predicted octanol–water partition coefficient (Wildman–Crippen LogP) is 0.404. The highest BCUT2D eigenvalue weighted by molar-refractivity contribution is 5.77. The summed E-state index contributed by atoms with van der Waals surface area (Å²) in [6, 6.07) is -0.448. The van der Waals surface area contributed by atoms with Gasteiger partial charge in [-0.15, -0.1) is 0 Å². The normalized spacial score (nSPS) is 23.5. The lowest BCUT2D eigenvalue weighted by Gasteiger charge is -2.36. The number of carbonyl (C=O) groups excluding carboxylic acids is 1. The summed E-state index contributed by atoms with van der Waals surface area (Å²) in [7, 11) is 0. The van der Waals surface area contributed by atoms with Gasteiger partial charge in [-0.2, -0.15) is 0 Å². The van der Waals surface area contributed by atoms with Crippen LogP contribution < -0.4 is 0 Å². The predicted molar refractivity (Wildman–Crippen MR) is 62.6 cm³/mol. The molecule has 5 heteroatoms. The van der Waals surface area contributed by atoms with Gasteiger partial charge in [0.2, 0.25) is 5.91 Å². The van der Waals surface area contributed by atoms with Crippen molar-refractivity contribution in [1.82, 2.24) is 9.80 Å². The first-order valence-corrected chi connectivity index (χ1v) is 6.32. The lowest BCUT2D eigenvalue weighted by atomic mass is 10.2. The molecule has 1 saturated heterocycles. The summed E-state index contributed by atoms with van der Waals surface area (Å²) in [4.78, 5) is 26.5. The van der Waals surface area contributed by atoms with Gasteiger partial charge in [-0.1, -0.05) is 0 Å². The number of carboxylic acid groups (broad SMARTS) is 1. The zero-order valence-electron chi connectivity index (χ0n) is 10.3. The van der Waals surface area contributed by atoms with Gasteiger partial charge in [-0.3, -0.25) is 14.5 Å². The van der Waals surface area contributed by atoms with Crippen molar-refractivity contribution in [3.63, 3.8) is 0 Å². The third-order valence-corrected chi connectivity index (χ3v) is 3.73. The molecule has 1 atom stereocenters. The van der Waals surface area contributed by atoms with Crippen molar-refractivity contribution in [2.75, 3.05) is 26.2 Å². The van der Waals surface area contributed by atoms with Crippen molar-refractivity contribution in [1.29, 1.82) is 0 Å². The Kier molecular flexibility index (Phi) is 3.66. The molecule has 2 fully saturated rings. The summed E-state index contributed by atoms with van der Waals surface area (Å²) in [6.45, 7) is 4.38. The zero-order chi connectivity index (χ0) is 12.4. The van der Waals surface area contributed by atoms with E-state index in [1.165, 1.54) is 12.8 Å². The van der Waals surface area contributed by atoms with E-state index in [9.17, 15) is 9.59 Å². The molecule has 1 aliphatic carbocycles. The summed E-state index contributed by atoms with van der Waals surface area (Å²) in [6.07, 6.45) is 3.08. The highest BCUT2D eigenvalue weighted by Crippen LogP contribution is 2.32. The van der Waals surface area contributed by atoms with Crippen molar-refractivity contribution >= 4 is 11.9 Å². The molecule has 0 aromatic carbocycles. The monoisotopic (exact) mass is 240 g/mol. The van der Waals surface area contributed by atoms with Gasteiger partial charge in [-0.25, -0.2) is 0 Å². The number of hydrogen-bond donors (Lipinski definition) is 1. The lowest BCUT2D eigenvalue weighted by molar-refractivity contribution is -0.144. The largest absolute Gasteiger partial charge is 0.480 e. The molecule has 0 bridgehead atoms. The van der Waals surface area contributed by atoms with Crippen LogP contribution >= 0.6 is 0 Å². The van der Waals surface area contributed by atoms with E-state index in [0.29, 0.717) is 38.5 Å². The maximum Gasteiger partial charge on any atom is 0.320 e. The van der Waals surface area contributed by atoms with E-state index in [1.807, 2.05) is 9.80 Å². The molecule has 1 N–H and O–H groups in total. The second kappa shape index (κ2) is 5.04. The highest BCUT2D eigenvalue weighted by atomic mass is 16.4. The fraction of sp³-hybridized carbons (Fsp3) is 0.833. The van der Waals surface area contributed by atoms with Gasteiger partial charge in [0.1, 0.15) is 6.04 Å². The van der Waals surface area contributed by atoms with E-state index in [2.05, 4.69) is 0 Å². The number of amides is 1. The maximum atomic E-state index is 11.9. The van der Waals surface area contributed by atoms with Crippen LogP contribution in [0.4, 0.5) is 0 Å². The van der Waals surface area contributed by atoms with Gasteiger partial charge in [0.05, 0.1) is 0 Å². The molecular formula is C12H20N2O3. The Bertz CT molecular complexity index is 307. The minimum atomic E-state index is -0.789. The Hall–Kier alpha value is -1.10. The van der Waals surface area contributed by atoms with Crippen LogP contribution in [0.15, 0.2) is 0 Å². The number of aliphatic carboxylic acids is 1. The number of rotatable bonds is 4. The molecule has 1 aliphatic heterocycles. The first-order chi connectivity index (χ1) is 8.08. The summed E-state index contributed by atoms with van der Waals surface area (Å²) in [5.41, 5.74) is 0. The molecule has 1 amide bonds. The van der Waals surface area contributed by atoms with Gasteiger partial charge in [0.15, 0.2) is 0 Å². The quantitative estimate of drug-likeness (QED) is 0.773. The van der Waals surface area contributed by atoms with Gasteiger partial charge >= 0.3 is 5.97 Å². The van der Waals surface area contributed by atoms with E-state index >= 15 is 0 Å². The number of nitrogens with zero attached hydrogens (tertiary/aromatic N) is 2. The third-order valence-electron chi connectivity index (χ3n) is 3.73. The van der Waals surface area contributed by atoms with E-state index in [-0.39, 0.29) is 5.91 Å². The third kappa shape index (κ3) is 3.19. The van der Waals surface area contributed by atoms with Crippen LogP contribution in [-0.2, 0) is 9.59 Å². The molecule has 2 rings (SSSR count). The maximum absolute atomic E-state index is 11.9. The highest BCUT2D eigenvalue weighted by Gasteiger charge is 2.30. The molecule has 96 valence electrons. The number of hydrogen-bond acceptors (Lipinski definition) is 3. The van der Waals surface area contributed by atoms with E-state index < -0.39 is 12.0 Å². The van der Waals surface area contributed by atoms with E-state index in [0.717, 1.165) is 0 Å². The topological polar surface area (TPSA) is 60.9 Å². The average Bonchev–Trinajstić information content (AvgIpc) is 3.12. The Labute approximate surface area is 101 Å². The SMILES string of the molecule is CC(C(=O)O)N1CCN(C(=O)CC2CC2)CC1. The first-order valence-electron chi connectivity index (χ1n) is 6.32. The van der Waals surface area contributed by atoms with Gasteiger partial charge in [0.25, 0.3) is 0 Å². The molecule has 1 heterocycles. The average molecular weight is 240 g/mol. The molecule has 0 aromatic heterocycles. The standard InChI is InChI=1S/C12H20N2O3/c1-9(12(16)17)13-4-6-14(7-5-13)11(15)8-10-2-3-10/h9-10H,2-8H2,1H3,(H,16,17). The fourth-order valence-electron chi connectivity index (χ4n) is 2.21. The molecule has 0 spiro atoms. The van der Waals surface area contributed by atoms with Crippen LogP contribution in [0.2, 0.25) is 0 Å². The lowest BCUT2D eigenvalue weighted by Crippen LogP contribution is -2.53. The van der Waals surface area contributed by atoms with Gasteiger partial charge < -0.3 is 10.0 Å². The fourth-order valence-corrected chi connectivity index (χ4v) is 2.21. The molecule has 0 aromatic rings. The van der Waals surface area contributed by atoms with Crippen LogP contribution in [0, 0.1) is 5.92 Å². The summed E-state index contributed by atoms with van der Waals surface area (Å²) in [5, 5.41) is 8.91. The van der Waals surface area contributed by atoms with Crippen LogP contribution in [0.5, 0.6) is 0 Å². The Morgan fingerprint density at radius 1 is 1.24 bits per heavy atom. The van der Waals surface area contributed by atoms with E-state index in [1.54, 1.807) is 6.92 Å². The second-order valence-corrected chi connectivity index (χ2v) is 5.08. The van der Waals surface area contributed by atoms with Crippen molar-refractivity contribution in [2.45, 2.75) is 32.2 Å². The second-order valence-electron chi connectivity index (χ2n) is 5.08. The van der Waals surface area contributed by atoms with Crippen LogP contribution in [-0.4, -0.2) is 59.0 Å². The van der Waals surface area contributed by atoms with Crippen molar-refractivity contribution in [3.8, 4) is 0 Å². The Morgan fingerprint density at radius 3 is 2.29 bits per heavy atom. The first kappa shape index (κ1) is 12.4. The number of carbonyl (C=O) groups is 2. The van der Waals surface area contributed by atoms with Crippen molar-refractivity contribution < 1.29 is 14.7 Å². The minimum absolute atomic E-state index is 0.245. The summed E-state index contributed by atoms with van der Waals surface area (Å²) in [5.74, 6) is 0.0800. The molecule has 2 aliphatic rings. The Balaban J connectivity index is 1.76. The minimum Gasteiger partial charge on any atom is -0.480 e. The molecule has 17 heavy (non-hydrogen) atoms. The van der Waals surface area contributed by atoms with Gasteiger partial charge in [0, 0.05) is 32.6 Å². The molecular weight excluding hydrogens is 220 g/mol. The summed E-state index contributed by atoms with van der Waals surface area (Å²) < 4.78 is 0. The number of piperazine rings is 1. The van der Waals surface area contributed by atoms with Crippen molar-refractivity contribution in [2.24, 2.45) is 5.92 Å². The zero-order valence-corrected chi connectivity index (χ0v) is 10.3.